The number of nitrogens with one attached hydrogen (secondary N) is 2. The van der Waals surface area contributed by atoms with Gasteiger partial charge in [-0.2, -0.15) is 11.3 Å². The largest absolute Gasteiger partial charge is 0.372 e. The number of hydrogen-bond donors (Lipinski definition) is 2. The molecular formula is C11H12BrN3O2S2. The second kappa shape index (κ2) is 6.00. The SMILES string of the molecule is CNc1ncc(Br)cc1S(=O)(=O)NCc1ccsc1. The van der Waals surface area contributed by atoms with Crippen molar-refractivity contribution < 1.29 is 8.42 Å². The molecule has 2 N–H and O–H groups in total. The molecular weight excluding hydrogens is 350 g/mol. The molecule has 0 bridgehead atoms. The summed E-state index contributed by atoms with van der Waals surface area (Å²) >= 11 is 4.76. The van der Waals surface area contributed by atoms with E-state index in [1.165, 1.54) is 17.4 Å². The lowest BCUT2D eigenvalue weighted by atomic mass is 10.4. The highest BCUT2D eigenvalue weighted by molar-refractivity contribution is 9.10. The predicted octanol–water partition coefficient (Wildman–Crippen LogP) is 2.43. The monoisotopic (exact) mass is 361 g/mol. The van der Waals surface area contributed by atoms with Crippen molar-refractivity contribution in [2.75, 3.05) is 12.4 Å². The van der Waals surface area contributed by atoms with Crippen LogP contribution in [0.3, 0.4) is 0 Å². The first-order chi connectivity index (χ1) is 9.03. The van der Waals surface area contributed by atoms with Gasteiger partial charge in [0.25, 0.3) is 0 Å². The van der Waals surface area contributed by atoms with Gasteiger partial charge < -0.3 is 5.32 Å². The van der Waals surface area contributed by atoms with Crippen LogP contribution in [0.4, 0.5) is 5.82 Å². The molecule has 0 aliphatic heterocycles. The van der Waals surface area contributed by atoms with Crippen LogP contribution in [0.25, 0.3) is 0 Å². The van der Waals surface area contributed by atoms with Crippen molar-refractivity contribution in [2.45, 2.75) is 11.4 Å². The van der Waals surface area contributed by atoms with Gasteiger partial charge in [-0.25, -0.2) is 18.1 Å². The Morgan fingerprint density at radius 2 is 2.26 bits per heavy atom. The van der Waals surface area contributed by atoms with E-state index in [1.807, 2.05) is 16.8 Å². The van der Waals surface area contributed by atoms with E-state index in [2.05, 4.69) is 31.0 Å². The number of aromatic nitrogens is 1. The van der Waals surface area contributed by atoms with E-state index in [-0.39, 0.29) is 11.4 Å². The molecule has 19 heavy (non-hydrogen) atoms. The highest BCUT2D eigenvalue weighted by atomic mass is 79.9. The van der Waals surface area contributed by atoms with E-state index in [0.29, 0.717) is 10.3 Å². The molecule has 0 spiro atoms. The maximum atomic E-state index is 12.3. The first-order valence-corrected chi connectivity index (χ1v) is 8.59. The van der Waals surface area contributed by atoms with E-state index in [0.717, 1.165) is 5.56 Å². The molecule has 0 aromatic carbocycles. The Bertz CT molecular complexity index is 657. The third kappa shape index (κ3) is 3.53. The summed E-state index contributed by atoms with van der Waals surface area (Å²) in [5.74, 6) is 0.320. The van der Waals surface area contributed by atoms with Crippen LogP contribution >= 0.6 is 27.3 Å². The van der Waals surface area contributed by atoms with E-state index in [9.17, 15) is 8.42 Å². The Morgan fingerprint density at radius 1 is 1.47 bits per heavy atom. The molecule has 0 saturated heterocycles. The highest BCUT2D eigenvalue weighted by Gasteiger charge is 2.19. The average Bonchev–Trinajstić information content (AvgIpc) is 2.89. The number of pyridine rings is 1. The molecule has 8 heteroatoms. The van der Waals surface area contributed by atoms with Crippen LogP contribution in [-0.2, 0) is 16.6 Å². The summed E-state index contributed by atoms with van der Waals surface area (Å²) in [7, 11) is -1.97. The molecule has 102 valence electrons. The van der Waals surface area contributed by atoms with Gasteiger partial charge in [-0.05, 0) is 44.4 Å². The Labute approximate surface area is 124 Å². The van der Waals surface area contributed by atoms with Gasteiger partial charge in [0, 0.05) is 24.3 Å². The predicted molar refractivity (Wildman–Crippen MR) is 79.8 cm³/mol. The van der Waals surface area contributed by atoms with E-state index in [1.54, 1.807) is 13.2 Å². The molecule has 2 rings (SSSR count). The van der Waals surface area contributed by atoms with Gasteiger partial charge in [0.05, 0.1) is 0 Å². The molecule has 0 unspecified atom stereocenters. The number of anilines is 1. The summed E-state index contributed by atoms with van der Waals surface area (Å²) in [6.07, 6.45) is 1.55. The van der Waals surface area contributed by atoms with Crippen molar-refractivity contribution in [2.24, 2.45) is 0 Å². The maximum Gasteiger partial charge on any atom is 0.244 e. The standard InChI is InChI=1S/C11H12BrN3O2S2/c1-13-11-10(4-9(12)6-14-11)19(16,17)15-5-8-2-3-18-7-8/h2-4,6-7,15H,5H2,1H3,(H,13,14). The minimum atomic E-state index is -3.60. The zero-order valence-corrected chi connectivity index (χ0v) is 13.3. The van der Waals surface area contributed by atoms with Gasteiger partial charge in [0.2, 0.25) is 10.0 Å². The van der Waals surface area contributed by atoms with Crippen molar-refractivity contribution in [3.63, 3.8) is 0 Å². The minimum Gasteiger partial charge on any atom is -0.372 e. The fourth-order valence-corrected chi connectivity index (χ4v) is 3.82. The van der Waals surface area contributed by atoms with Gasteiger partial charge in [-0.15, -0.1) is 0 Å². The van der Waals surface area contributed by atoms with Crippen molar-refractivity contribution >= 4 is 43.1 Å². The van der Waals surface area contributed by atoms with Crippen molar-refractivity contribution in [3.05, 3.63) is 39.1 Å². The van der Waals surface area contributed by atoms with Gasteiger partial charge >= 0.3 is 0 Å². The van der Waals surface area contributed by atoms with Gasteiger partial charge in [-0.3, -0.25) is 0 Å². The summed E-state index contributed by atoms with van der Waals surface area (Å²) in [5.41, 5.74) is 0.933. The molecule has 0 radical (unpaired) electrons. The quantitative estimate of drug-likeness (QED) is 0.857. The van der Waals surface area contributed by atoms with Gasteiger partial charge in [0.15, 0.2) is 0 Å². The molecule has 2 aromatic rings. The summed E-state index contributed by atoms with van der Waals surface area (Å²) < 4.78 is 27.7. The number of hydrogen-bond acceptors (Lipinski definition) is 5. The fourth-order valence-electron chi connectivity index (χ4n) is 1.46. The van der Waals surface area contributed by atoms with E-state index in [4.69, 9.17) is 0 Å². The Balaban J connectivity index is 2.26. The Morgan fingerprint density at radius 3 is 2.89 bits per heavy atom. The second-order valence-corrected chi connectivity index (χ2v) is 7.14. The summed E-state index contributed by atoms with van der Waals surface area (Å²) in [4.78, 5) is 4.16. The zero-order valence-electron chi connectivity index (χ0n) is 10.1. The lowest BCUT2D eigenvalue weighted by molar-refractivity contribution is 0.581. The molecule has 0 aliphatic carbocycles. The van der Waals surface area contributed by atoms with Crippen LogP contribution in [-0.4, -0.2) is 20.4 Å². The maximum absolute atomic E-state index is 12.3. The van der Waals surface area contributed by atoms with Crippen LogP contribution < -0.4 is 10.0 Å². The highest BCUT2D eigenvalue weighted by Crippen LogP contribution is 2.22. The zero-order chi connectivity index (χ0) is 13.9. The van der Waals surface area contributed by atoms with Crippen LogP contribution in [0.1, 0.15) is 5.56 Å². The van der Waals surface area contributed by atoms with Gasteiger partial charge in [0.1, 0.15) is 10.7 Å². The third-order valence-electron chi connectivity index (χ3n) is 2.39. The smallest absolute Gasteiger partial charge is 0.244 e. The van der Waals surface area contributed by atoms with E-state index < -0.39 is 10.0 Å². The van der Waals surface area contributed by atoms with Crippen LogP contribution in [0.5, 0.6) is 0 Å². The Kier molecular flexibility index (Phi) is 4.56. The van der Waals surface area contributed by atoms with E-state index >= 15 is 0 Å². The molecule has 0 amide bonds. The third-order valence-corrected chi connectivity index (χ3v) is 4.97. The molecule has 0 fully saturated rings. The molecule has 5 nitrogen and oxygen atoms in total. The lowest BCUT2D eigenvalue weighted by Gasteiger charge is -2.10. The summed E-state index contributed by atoms with van der Waals surface area (Å²) in [5, 5.41) is 6.58. The summed E-state index contributed by atoms with van der Waals surface area (Å²) in [6, 6.07) is 3.40. The molecule has 2 aromatic heterocycles. The number of nitrogens with zero attached hydrogens (tertiary/aromatic N) is 1. The minimum absolute atomic E-state index is 0.125. The normalized spacial score (nSPS) is 11.5. The van der Waals surface area contributed by atoms with Crippen molar-refractivity contribution in [1.82, 2.24) is 9.71 Å². The van der Waals surface area contributed by atoms with Crippen LogP contribution in [0.15, 0.2) is 38.5 Å². The number of sulfonamides is 1. The number of thiophene rings is 1. The number of halogens is 1. The number of rotatable bonds is 5. The first-order valence-electron chi connectivity index (χ1n) is 5.37. The molecule has 0 saturated carbocycles. The second-order valence-electron chi connectivity index (χ2n) is 3.71. The topological polar surface area (TPSA) is 71.1 Å². The van der Waals surface area contributed by atoms with Crippen LogP contribution in [0.2, 0.25) is 0 Å². The molecule has 0 aliphatic rings. The lowest BCUT2D eigenvalue weighted by Crippen LogP contribution is -2.24. The van der Waals surface area contributed by atoms with Crippen molar-refractivity contribution in [3.8, 4) is 0 Å². The van der Waals surface area contributed by atoms with Gasteiger partial charge in [-0.1, -0.05) is 0 Å². The molecule has 0 atom stereocenters. The van der Waals surface area contributed by atoms with Crippen LogP contribution in [0, 0.1) is 0 Å². The molecule has 2 heterocycles. The fraction of sp³-hybridized carbons (Fsp3) is 0.182. The van der Waals surface area contributed by atoms with Crippen molar-refractivity contribution in [1.29, 1.82) is 0 Å². The first kappa shape index (κ1) is 14.4. The Hall–Kier alpha value is -0.960. The summed E-state index contributed by atoms with van der Waals surface area (Å²) in [6.45, 7) is 0.265. The average molecular weight is 362 g/mol.